The highest BCUT2D eigenvalue weighted by Gasteiger charge is 2.28. The lowest BCUT2D eigenvalue weighted by molar-refractivity contribution is -0.130. The summed E-state index contributed by atoms with van der Waals surface area (Å²) in [4.78, 5) is 15.5. The molecule has 2 unspecified atom stereocenters. The van der Waals surface area contributed by atoms with Gasteiger partial charge in [0.25, 0.3) is 0 Å². The van der Waals surface area contributed by atoms with E-state index in [0.717, 1.165) is 48.6 Å². The molecule has 0 radical (unpaired) electrons. The van der Waals surface area contributed by atoms with Crippen LogP contribution in [0, 0.1) is 5.82 Å². The second-order valence-corrected chi connectivity index (χ2v) is 6.22. The van der Waals surface area contributed by atoms with Crippen LogP contribution in [-0.2, 0) is 22.4 Å². The summed E-state index contributed by atoms with van der Waals surface area (Å²) in [5.74, 6) is -0.225. The molecule has 2 heterocycles. The molecule has 2 atom stereocenters. The van der Waals surface area contributed by atoms with Gasteiger partial charge in [0.15, 0.2) is 0 Å². The Hall–Kier alpha value is -1.88. The molecule has 1 aromatic heterocycles. The third-order valence-electron chi connectivity index (χ3n) is 4.72. The van der Waals surface area contributed by atoms with Gasteiger partial charge >= 0.3 is 0 Å². The zero-order valence-corrected chi connectivity index (χ0v) is 12.3. The van der Waals surface area contributed by atoms with Crippen LogP contribution < -0.4 is 5.32 Å². The molecule has 1 amide bonds. The first kappa shape index (κ1) is 13.8. The molecule has 1 aliphatic heterocycles. The first-order chi connectivity index (χ1) is 10.7. The smallest absolute Gasteiger partial charge is 0.249 e. The quantitative estimate of drug-likeness (QED) is 0.895. The summed E-state index contributed by atoms with van der Waals surface area (Å²) in [6, 6.07) is 4.94. The molecule has 2 aliphatic rings. The predicted molar refractivity (Wildman–Crippen MR) is 81.2 cm³/mol. The van der Waals surface area contributed by atoms with Crippen LogP contribution >= 0.6 is 0 Å². The number of aryl methyl sites for hydroxylation is 1. The van der Waals surface area contributed by atoms with Crippen LogP contribution in [-0.4, -0.2) is 29.6 Å². The molecule has 1 saturated heterocycles. The largest absolute Gasteiger partial charge is 0.368 e. The molecular formula is C17H19FN2O2. The first-order valence-corrected chi connectivity index (χ1v) is 7.91. The third kappa shape index (κ3) is 2.39. The fraction of sp³-hybridized carbons (Fsp3) is 0.471. The van der Waals surface area contributed by atoms with Gasteiger partial charge in [0.05, 0.1) is 0 Å². The van der Waals surface area contributed by atoms with E-state index >= 15 is 0 Å². The van der Waals surface area contributed by atoms with Gasteiger partial charge in [-0.25, -0.2) is 4.39 Å². The van der Waals surface area contributed by atoms with Crippen LogP contribution in [0.4, 0.5) is 4.39 Å². The Morgan fingerprint density at radius 1 is 1.36 bits per heavy atom. The highest BCUT2D eigenvalue weighted by atomic mass is 19.1. The summed E-state index contributed by atoms with van der Waals surface area (Å²) in [6.07, 6.45) is 4.00. The molecule has 0 saturated carbocycles. The van der Waals surface area contributed by atoms with Crippen molar-refractivity contribution in [2.75, 3.05) is 6.61 Å². The van der Waals surface area contributed by atoms with Gasteiger partial charge in [-0.3, -0.25) is 4.79 Å². The number of hydrogen-bond acceptors (Lipinski definition) is 2. The zero-order valence-electron chi connectivity index (χ0n) is 12.3. The minimum absolute atomic E-state index is 0.00280. The summed E-state index contributed by atoms with van der Waals surface area (Å²) in [7, 11) is 0. The fourth-order valence-electron chi connectivity index (χ4n) is 3.59. The van der Waals surface area contributed by atoms with Crippen LogP contribution in [0.1, 0.15) is 30.5 Å². The van der Waals surface area contributed by atoms with Crippen molar-refractivity contribution in [2.45, 2.75) is 44.2 Å². The molecule has 2 N–H and O–H groups in total. The molecule has 0 bridgehead atoms. The van der Waals surface area contributed by atoms with E-state index in [1.165, 1.54) is 11.8 Å². The number of hydrogen-bond donors (Lipinski definition) is 2. The molecular weight excluding hydrogens is 283 g/mol. The number of aromatic amines is 1. The molecule has 2 aromatic rings. The Kier molecular flexibility index (Phi) is 3.37. The summed E-state index contributed by atoms with van der Waals surface area (Å²) >= 11 is 0. The normalized spacial score (nSPS) is 24.4. The Morgan fingerprint density at radius 3 is 3.09 bits per heavy atom. The summed E-state index contributed by atoms with van der Waals surface area (Å²) in [6.45, 7) is 0.675. The SMILES string of the molecule is O=C(NC1CCc2[nH]c3ccc(F)cc3c2C1)C1CCCO1. The van der Waals surface area contributed by atoms with E-state index in [1.54, 1.807) is 12.1 Å². The highest BCUT2D eigenvalue weighted by Crippen LogP contribution is 2.30. The van der Waals surface area contributed by atoms with Crippen LogP contribution in [0.15, 0.2) is 18.2 Å². The number of rotatable bonds is 2. The molecule has 116 valence electrons. The molecule has 4 nitrogen and oxygen atoms in total. The number of halogens is 1. The van der Waals surface area contributed by atoms with E-state index in [1.807, 2.05) is 0 Å². The van der Waals surface area contributed by atoms with Crippen LogP contribution in [0.5, 0.6) is 0 Å². The van der Waals surface area contributed by atoms with Crippen LogP contribution in [0.25, 0.3) is 10.9 Å². The van der Waals surface area contributed by atoms with E-state index in [9.17, 15) is 9.18 Å². The van der Waals surface area contributed by atoms with E-state index < -0.39 is 0 Å². The average Bonchev–Trinajstić information content (AvgIpc) is 3.14. The second kappa shape index (κ2) is 5.39. The number of fused-ring (bicyclic) bond motifs is 3. The maximum absolute atomic E-state index is 13.5. The van der Waals surface area contributed by atoms with Crippen molar-refractivity contribution in [1.82, 2.24) is 10.3 Å². The highest BCUT2D eigenvalue weighted by molar-refractivity contribution is 5.85. The molecule has 1 fully saturated rings. The Morgan fingerprint density at radius 2 is 2.27 bits per heavy atom. The van der Waals surface area contributed by atoms with Gasteiger partial charge in [-0.15, -0.1) is 0 Å². The number of aromatic nitrogens is 1. The van der Waals surface area contributed by atoms with Gasteiger partial charge in [-0.1, -0.05) is 0 Å². The minimum atomic E-state index is -0.290. The number of nitrogens with one attached hydrogen (secondary N) is 2. The van der Waals surface area contributed by atoms with Crippen LogP contribution in [0.3, 0.4) is 0 Å². The zero-order chi connectivity index (χ0) is 15.1. The van der Waals surface area contributed by atoms with Crippen molar-refractivity contribution in [1.29, 1.82) is 0 Å². The standard InChI is InChI=1S/C17H19FN2O2/c18-10-3-5-14-12(8-10)13-9-11(4-6-15(13)20-14)19-17(21)16-2-1-7-22-16/h3,5,8,11,16,20H,1-2,4,6-7,9H2,(H,19,21). The average molecular weight is 302 g/mol. The van der Waals surface area contributed by atoms with E-state index in [2.05, 4.69) is 10.3 Å². The van der Waals surface area contributed by atoms with E-state index in [-0.39, 0.29) is 23.9 Å². The molecule has 4 rings (SSSR count). The molecule has 5 heteroatoms. The van der Waals surface area contributed by atoms with E-state index in [0.29, 0.717) is 6.61 Å². The lowest BCUT2D eigenvalue weighted by Crippen LogP contribution is -2.43. The number of amides is 1. The predicted octanol–water partition coefficient (Wildman–Crippen LogP) is 2.46. The number of carbonyl (C=O) groups excluding carboxylic acids is 1. The van der Waals surface area contributed by atoms with Gasteiger partial charge in [-0.05, 0) is 55.9 Å². The number of benzene rings is 1. The Balaban J connectivity index is 1.54. The number of ether oxygens (including phenoxy) is 1. The third-order valence-corrected chi connectivity index (χ3v) is 4.72. The van der Waals surface area contributed by atoms with Crippen molar-refractivity contribution in [3.05, 3.63) is 35.3 Å². The number of carbonyl (C=O) groups is 1. The van der Waals surface area contributed by atoms with Gasteiger partial charge in [0.2, 0.25) is 5.91 Å². The molecule has 1 aliphatic carbocycles. The van der Waals surface area contributed by atoms with Crippen molar-refractivity contribution in [3.63, 3.8) is 0 Å². The maximum Gasteiger partial charge on any atom is 0.249 e. The Labute approximate surface area is 128 Å². The first-order valence-electron chi connectivity index (χ1n) is 7.91. The van der Waals surface area contributed by atoms with Gasteiger partial charge < -0.3 is 15.0 Å². The maximum atomic E-state index is 13.5. The lowest BCUT2D eigenvalue weighted by atomic mass is 9.91. The van der Waals surface area contributed by atoms with Crippen molar-refractivity contribution >= 4 is 16.8 Å². The molecule has 22 heavy (non-hydrogen) atoms. The Bertz CT molecular complexity index is 719. The number of H-pyrrole nitrogens is 1. The summed E-state index contributed by atoms with van der Waals surface area (Å²) in [5.41, 5.74) is 3.28. The summed E-state index contributed by atoms with van der Waals surface area (Å²) < 4.78 is 18.9. The monoisotopic (exact) mass is 302 g/mol. The molecule has 1 aromatic carbocycles. The van der Waals surface area contributed by atoms with Crippen molar-refractivity contribution in [2.24, 2.45) is 0 Å². The van der Waals surface area contributed by atoms with Gasteiger partial charge in [0.1, 0.15) is 11.9 Å². The van der Waals surface area contributed by atoms with Crippen molar-refractivity contribution < 1.29 is 13.9 Å². The lowest BCUT2D eigenvalue weighted by Gasteiger charge is -2.24. The molecule has 0 spiro atoms. The van der Waals surface area contributed by atoms with Crippen molar-refractivity contribution in [3.8, 4) is 0 Å². The second-order valence-electron chi connectivity index (χ2n) is 6.22. The van der Waals surface area contributed by atoms with Gasteiger partial charge in [-0.2, -0.15) is 0 Å². The minimum Gasteiger partial charge on any atom is -0.368 e. The van der Waals surface area contributed by atoms with Gasteiger partial charge in [0, 0.05) is 29.2 Å². The van der Waals surface area contributed by atoms with Crippen LogP contribution in [0.2, 0.25) is 0 Å². The van der Waals surface area contributed by atoms with E-state index in [4.69, 9.17) is 4.74 Å². The summed E-state index contributed by atoms with van der Waals surface area (Å²) in [5, 5.41) is 4.04. The topological polar surface area (TPSA) is 54.1 Å². The fourth-order valence-corrected chi connectivity index (χ4v) is 3.59.